The van der Waals surface area contributed by atoms with Gasteiger partial charge in [0, 0.05) is 25.0 Å². The molecule has 1 atom stereocenters. The average molecular weight is 308 g/mol. The van der Waals surface area contributed by atoms with Gasteiger partial charge in [0.15, 0.2) is 0 Å². The molecule has 3 heterocycles. The molecular formula is C13H18ClN7. The molecule has 1 aliphatic rings. The summed E-state index contributed by atoms with van der Waals surface area (Å²) in [6, 6.07) is 2.31. The van der Waals surface area contributed by atoms with E-state index in [0.717, 1.165) is 13.1 Å². The monoisotopic (exact) mass is 307 g/mol. The zero-order chi connectivity index (χ0) is 14.7. The van der Waals surface area contributed by atoms with Crippen molar-refractivity contribution in [1.82, 2.24) is 29.6 Å². The van der Waals surface area contributed by atoms with E-state index >= 15 is 0 Å². The molecule has 1 aliphatic heterocycles. The maximum atomic E-state index is 5.96. The lowest BCUT2D eigenvalue weighted by atomic mass is 10.0. The first-order valence-electron chi connectivity index (χ1n) is 7.08. The predicted octanol–water partition coefficient (Wildman–Crippen LogP) is 1.61. The minimum absolute atomic E-state index is 0.162. The van der Waals surface area contributed by atoms with Crippen LogP contribution >= 0.6 is 11.6 Å². The van der Waals surface area contributed by atoms with Gasteiger partial charge in [-0.2, -0.15) is 20.1 Å². The fourth-order valence-corrected chi connectivity index (χ4v) is 2.68. The average Bonchev–Trinajstić information content (AvgIpc) is 3.00. The van der Waals surface area contributed by atoms with Crippen LogP contribution in [0.2, 0.25) is 5.28 Å². The molecule has 8 heteroatoms. The Balaban J connectivity index is 1.70. The normalized spacial score (nSPS) is 19.6. The maximum Gasteiger partial charge on any atom is 0.256 e. The van der Waals surface area contributed by atoms with Crippen molar-refractivity contribution >= 4 is 17.5 Å². The lowest BCUT2D eigenvalue weighted by molar-refractivity contribution is 0.194. The summed E-state index contributed by atoms with van der Waals surface area (Å²) in [6.07, 6.45) is 7.17. The molecule has 7 nitrogen and oxygen atoms in total. The van der Waals surface area contributed by atoms with E-state index in [9.17, 15) is 0 Å². The van der Waals surface area contributed by atoms with E-state index in [1.165, 1.54) is 19.3 Å². The van der Waals surface area contributed by atoms with E-state index in [1.807, 2.05) is 6.07 Å². The van der Waals surface area contributed by atoms with Crippen molar-refractivity contribution in [3.63, 3.8) is 0 Å². The van der Waals surface area contributed by atoms with Gasteiger partial charge in [-0.25, -0.2) is 4.68 Å². The van der Waals surface area contributed by atoms with Gasteiger partial charge >= 0.3 is 0 Å². The number of nitrogens with zero attached hydrogens (tertiary/aromatic N) is 6. The summed E-state index contributed by atoms with van der Waals surface area (Å²) >= 11 is 5.96. The van der Waals surface area contributed by atoms with Gasteiger partial charge in [-0.15, -0.1) is 0 Å². The predicted molar refractivity (Wildman–Crippen MR) is 80.7 cm³/mol. The number of hydrogen-bond donors (Lipinski definition) is 1. The molecule has 1 saturated heterocycles. The summed E-state index contributed by atoms with van der Waals surface area (Å²) in [5, 5.41) is 7.52. The van der Waals surface area contributed by atoms with Crippen LogP contribution in [0.3, 0.4) is 0 Å². The summed E-state index contributed by atoms with van der Waals surface area (Å²) in [5.74, 6) is 0.902. The Kier molecular flexibility index (Phi) is 4.31. The highest BCUT2D eigenvalue weighted by molar-refractivity contribution is 6.28. The van der Waals surface area contributed by atoms with Crippen LogP contribution in [0, 0.1) is 0 Å². The molecule has 2 aromatic heterocycles. The van der Waals surface area contributed by atoms with Crippen molar-refractivity contribution in [1.29, 1.82) is 0 Å². The van der Waals surface area contributed by atoms with Crippen molar-refractivity contribution in [2.75, 3.05) is 25.5 Å². The van der Waals surface area contributed by atoms with E-state index in [2.05, 4.69) is 37.3 Å². The molecule has 2 aromatic rings. The van der Waals surface area contributed by atoms with Gasteiger partial charge in [-0.05, 0) is 44.1 Å². The highest BCUT2D eigenvalue weighted by atomic mass is 35.5. The molecule has 0 radical (unpaired) electrons. The minimum Gasteiger partial charge on any atom is -0.352 e. The standard InChI is InChI=1S/C13H18ClN7/c1-20-7-3-2-5-10(20)9-15-12-17-11(14)18-13(19-12)21-8-4-6-16-21/h4,6,8,10H,2-3,5,7,9H2,1H3,(H,15,17,18,19). The molecule has 1 unspecified atom stereocenters. The largest absolute Gasteiger partial charge is 0.352 e. The Hall–Kier alpha value is -1.73. The summed E-state index contributed by atoms with van der Waals surface area (Å²) < 4.78 is 1.56. The molecule has 3 rings (SSSR count). The molecular weight excluding hydrogens is 290 g/mol. The van der Waals surface area contributed by atoms with Gasteiger partial charge in [0.25, 0.3) is 5.95 Å². The zero-order valence-electron chi connectivity index (χ0n) is 11.9. The third-order valence-corrected chi connectivity index (χ3v) is 3.89. The molecule has 0 aliphatic carbocycles. The molecule has 0 amide bonds. The Morgan fingerprint density at radius 2 is 2.24 bits per heavy atom. The number of halogens is 1. The number of hydrogen-bond acceptors (Lipinski definition) is 6. The smallest absolute Gasteiger partial charge is 0.256 e. The number of rotatable bonds is 4. The molecule has 0 spiro atoms. The second-order valence-corrected chi connectivity index (χ2v) is 5.53. The Morgan fingerprint density at radius 1 is 1.33 bits per heavy atom. The van der Waals surface area contributed by atoms with Crippen molar-refractivity contribution in [3.8, 4) is 5.95 Å². The van der Waals surface area contributed by atoms with Crippen LogP contribution in [-0.2, 0) is 0 Å². The fourth-order valence-electron chi connectivity index (χ4n) is 2.52. The van der Waals surface area contributed by atoms with Crippen LogP contribution in [0.15, 0.2) is 18.5 Å². The van der Waals surface area contributed by atoms with Gasteiger partial charge in [0.05, 0.1) is 0 Å². The molecule has 0 saturated carbocycles. The number of piperidine rings is 1. The number of likely N-dealkylation sites (N-methyl/N-ethyl adjacent to an activating group) is 1. The van der Waals surface area contributed by atoms with Crippen LogP contribution < -0.4 is 5.32 Å². The Bertz CT molecular complexity index is 586. The van der Waals surface area contributed by atoms with Gasteiger partial charge in [-0.3, -0.25) is 0 Å². The van der Waals surface area contributed by atoms with Crippen LogP contribution in [0.25, 0.3) is 5.95 Å². The number of likely N-dealkylation sites (tertiary alicyclic amines) is 1. The summed E-state index contributed by atoms with van der Waals surface area (Å²) in [6.45, 7) is 1.94. The fraction of sp³-hybridized carbons (Fsp3) is 0.538. The number of nitrogens with one attached hydrogen (secondary N) is 1. The van der Waals surface area contributed by atoms with E-state index < -0.39 is 0 Å². The second-order valence-electron chi connectivity index (χ2n) is 5.19. The molecule has 0 bridgehead atoms. The summed E-state index contributed by atoms with van der Waals surface area (Å²) in [4.78, 5) is 14.9. The minimum atomic E-state index is 0.162. The molecule has 1 N–H and O–H groups in total. The van der Waals surface area contributed by atoms with Crippen molar-refractivity contribution < 1.29 is 0 Å². The zero-order valence-corrected chi connectivity index (χ0v) is 12.7. The first kappa shape index (κ1) is 14.2. The Labute approximate surface area is 128 Å². The third kappa shape index (κ3) is 3.48. The summed E-state index contributed by atoms with van der Waals surface area (Å²) in [7, 11) is 2.15. The van der Waals surface area contributed by atoms with Gasteiger partial charge in [-0.1, -0.05) is 6.42 Å². The number of anilines is 1. The second kappa shape index (κ2) is 6.36. The van der Waals surface area contributed by atoms with Crippen LogP contribution in [-0.4, -0.2) is 55.8 Å². The molecule has 21 heavy (non-hydrogen) atoms. The van der Waals surface area contributed by atoms with E-state index in [-0.39, 0.29) is 5.28 Å². The van der Waals surface area contributed by atoms with Crippen molar-refractivity contribution in [3.05, 3.63) is 23.7 Å². The van der Waals surface area contributed by atoms with Gasteiger partial charge in [0.2, 0.25) is 11.2 Å². The SMILES string of the molecule is CN1CCCCC1CNc1nc(Cl)nc(-n2cccn2)n1. The van der Waals surface area contributed by atoms with Crippen LogP contribution in [0.4, 0.5) is 5.95 Å². The lowest BCUT2D eigenvalue weighted by Crippen LogP contribution is -2.41. The summed E-state index contributed by atoms with van der Waals surface area (Å²) in [5.41, 5.74) is 0. The van der Waals surface area contributed by atoms with Gasteiger partial charge in [0.1, 0.15) is 0 Å². The van der Waals surface area contributed by atoms with Crippen LogP contribution in [0.1, 0.15) is 19.3 Å². The topological polar surface area (TPSA) is 71.8 Å². The van der Waals surface area contributed by atoms with Gasteiger partial charge < -0.3 is 10.2 Å². The molecule has 1 fully saturated rings. The van der Waals surface area contributed by atoms with Crippen molar-refractivity contribution in [2.45, 2.75) is 25.3 Å². The third-order valence-electron chi connectivity index (χ3n) is 3.72. The highest BCUT2D eigenvalue weighted by Gasteiger charge is 2.19. The maximum absolute atomic E-state index is 5.96. The highest BCUT2D eigenvalue weighted by Crippen LogP contribution is 2.16. The quantitative estimate of drug-likeness (QED) is 0.925. The molecule has 0 aromatic carbocycles. The van der Waals surface area contributed by atoms with E-state index in [0.29, 0.717) is 17.9 Å². The van der Waals surface area contributed by atoms with E-state index in [1.54, 1.807) is 17.1 Å². The Morgan fingerprint density at radius 3 is 3.00 bits per heavy atom. The lowest BCUT2D eigenvalue weighted by Gasteiger charge is -2.32. The van der Waals surface area contributed by atoms with E-state index in [4.69, 9.17) is 11.6 Å². The van der Waals surface area contributed by atoms with Crippen molar-refractivity contribution in [2.24, 2.45) is 0 Å². The number of aromatic nitrogens is 5. The first-order chi connectivity index (χ1) is 10.2. The molecule has 112 valence electrons. The first-order valence-corrected chi connectivity index (χ1v) is 7.46. The van der Waals surface area contributed by atoms with Crippen LogP contribution in [0.5, 0.6) is 0 Å².